The fraction of sp³-hybridized carbons (Fsp3) is 0.529. The molecule has 1 N–H and O–H groups in total. The molecule has 1 saturated carbocycles. The first-order valence-corrected chi connectivity index (χ1v) is 17.5. The number of benzene rings is 2. The number of carbonyl (C=O) groups is 2. The van der Waals surface area contributed by atoms with Gasteiger partial charge in [0.2, 0.25) is 10.0 Å². The Morgan fingerprint density at radius 2 is 1.86 bits per heavy atom. The van der Waals surface area contributed by atoms with Crippen LogP contribution in [0.1, 0.15) is 80.8 Å². The number of halogens is 1. The summed E-state index contributed by atoms with van der Waals surface area (Å²) in [5, 5.41) is -0.108. The molecule has 5 atom stereocenters. The summed E-state index contributed by atoms with van der Waals surface area (Å²) in [6.07, 6.45) is 9.51. The summed E-state index contributed by atoms with van der Waals surface area (Å²) >= 11 is 6.31. The van der Waals surface area contributed by atoms with E-state index in [1.54, 1.807) is 25.1 Å². The van der Waals surface area contributed by atoms with Gasteiger partial charge in [-0.15, -0.1) is 0 Å². The number of amides is 1. The van der Waals surface area contributed by atoms with Crippen molar-refractivity contribution < 1.29 is 22.7 Å². The SMILES string of the molecule is C/C=C/[C@H]1CC(=O)[C@@H]2CC[C@H]2CN2CCCCc3cc(Cl)ccc3COc3ccc(cc32)C(=O)NS(=O)(=O)[C@H](C)[C@@H](C)C1. The highest BCUT2D eigenvalue weighted by atomic mass is 35.5. The molecule has 43 heavy (non-hydrogen) atoms. The summed E-state index contributed by atoms with van der Waals surface area (Å²) in [7, 11) is -3.96. The van der Waals surface area contributed by atoms with E-state index < -0.39 is 21.2 Å². The Hall–Kier alpha value is -2.84. The van der Waals surface area contributed by atoms with E-state index in [2.05, 4.69) is 9.62 Å². The molecule has 2 bridgehead atoms. The maximum Gasteiger partial charge on any atom is 0.264 e. The summed E-state index contributed by atoms with van der Waals surface area (Å²) < 4.78 is 35.4. The molecule has 0 radical (unpaired) electrons. The summed E-state index contributed by atoms with van der Waals surface area (Å²) in [6, 6.07) is 11.0. The number of ether oxygens (including phenoxy) is 1. The number of hydrogen-bond donors (Lipinski definition) is 1. The van der Waals surface area contributed by atoms with Crippen molar-refractivity contribution in [2.75, 3.05) is 18.0 Å². The summed E-state index contributed by atoms with van der Waals surface area (Å²) in [5.74, 6) is 0.143. The molecule has 2 aliphatic heterocycles. The van der Waals surface area contributed by atoms with Crippen LogP contribution in [0.25, 0.3) is 0 Å². The average molecular weight is 627 g/mol. The molecule has 1 amide bonds. The van der Waals surface area contributed by atoms with Crippen LogP contribution in [0.3, 0.4) is 0 Å². The molecule has 1 aliphatic carbocycles. The molecule has 1 fully saturated rings. The van der Waals surface area contributed by atoms with Crippen molar-refractivity contribution in [3.05, 3.63) is 70.3 Å². The van der Waals surface area contributed by atoms with Crippen LogP contribution in [0.2, 0.25) is 5.02 Å². The highest BCUT2D eigenvalue weighted by Crippen LogP contribution is 2.41. The molecular weight excluding hydrogens is 584 g/mol. The Kier molecular flexibility index (Phi) is 9.86. The van der Waals surface area contributed by atoms with E-state index >= 15 is 0 Å². The van der Waals surface area contributed by atoms with E-state index in [4.69, 9.17) is 16.3 Å². The van der Waals surface area contributed by atoms with Gasteiger partial charge in [-0.3, -0.25) is 9.59 Å². The predicted molar refractivity (Wildman–Crippen MR) is 171 cm³/mol. The Bertz CT molecular complexity index is 1490. The quantitative estimate of drug-likeness (QED) is 0.353. The second-order valence-electron chi connectivity index (χ2n) is 12.6. The van der Waals surface area contributed by atoms with Gasteiger partial charge in [0.25, 0.3) is 5.91 Å². The van der Waals surface area contributed by atoms with Gasteiger partial charge in [0.15, 0.2) is 0 Å². The fourth-order valence-corrected chi connectivity index (χ4v) is 8.22. The van der Waals surface area contributed by atoms with Crippen LogP contribution in [0, 0.1) is 23.7 Å². The van der Waals surface area contributed by atoms with Crippen molar-refractivity contribution in [2.24, 2.45) is 23.7 Å². The number of ketones is 1. The molecule has 2 heterocycles. The maximum absolute atomic E-state index is 13.6. The molecule has 0 aromatic heterocycles. The minimum atomic E-state index is -3.96. The predicted octanol–water partition coefficient (Wildman–Crippen LogP) is 6.73. The van der Waals surface area contributed by atoms with Gasteiger partial charge in [0, 0.05) is 36.0 Å². The van der Waals surface area contributed by atoms with Gasteiger partial charge in [-0.25, -0.2) is 13.1 Å². The van der Waals surface area contributed by atoms with Crippen LogP contribution in [0.15, 0.2) is 48.6 Å². The molecule has 2 aromatic carbocycles. The first kappa shape index (κ1) is 31.6. The minimum absolute atomic E-state index is 0.0162. The first-order chi connectivity index (χ1) is 20.6. The monoisotopic (exact) mass is 626 g/mol. The van der Waals surface area contributed by atoms with Gasteiger partial charge < -0.3 is 9.64 Å². The van der Waals surface area contributed by atoms with E-state index in [-0.39, 0.29) is 35.0 Å². The molecule has 7 nitrogen and oxygen atoms in total. The molecule has 3 aliphatic rings. The molecule has 232 valence electrons. The normalized spacial score (nSPS) is 28.5. The fourth-order valence-electron chi connectivity index (χ4n) is 6.74. The minimum Gasteiger partial charge on any atom is -0.487 e. The number of nitrogens with one attached hydrogen (secondary N) is 1. The Morgan fingerprint density at radius 3 is 2.60 bits per heavy atom. The zero-order valence-corrected chi connectivity index (χ0v) is 26.9. The van der Waals surface area contributed by atoms with Gasteiger partial charge in [-0.05, 0) is 112 Å². The molecular formula is C34H43ClN2O5S. The summed E-state index contributed by atoms with van der Waals surface area (Å²) in [5.41, 5.74) is 3.24. The number of sulfonamides is 1. The number of fused-ring (bicyclic) bond motifs is 3. The lowest BCUT2D eigenvalue weighted by Gasteiger charge is -2.41. The summed E-state index contributed by atoms with van der Waals surface area (Å²) in [6.45, 7) is 7.19. The van der Waals surface area contributed by atoms with Crippen LogP contribution < -0.4 is 14.4 Å². The lowest BCUT2D eigenvalue weighted by Crippen LogP contribution is -2.43. The Labute approximate surface area is 261 Å². The van der Waals surface area contributed by atoms with Crippen molar-refractivity contribution in [3.8, 4) is 5.75 Å². The lowest BCUT2D eigenvalue weighted by molar-refractivity contribution is -0.128. The van der Waals surface area contributed by atoms with Crippen molar-refractivity contribution in [2.45, 2.75) is 77.6 Å². The second-order valence-corrected chi connectivity index (χ2v) is 15.1. The smallest absolute Gasteiger partial charge is 0.264 e. The molecule has 0 saturated heterocycles. The van der Waals surface area contributed by atoms with Crippen LogP contribution >= 0.6 is 11.6 Å². The van der Waals surface area contributed by atoms with Gasteiger partial charge in [0.05, 0.1) is 10.9 Å². The van der Waals surface area contributed by atoms with Gasteiger partial charge in [-0.1, -0.05) is 36.7 Å². The average Bonchev–Trinajstić information content (AvgIpc) is 2.97. The van der Waals surface area contributed by atoms with E-state index in [0.717, 1.165) is 55.5 Å². The third kappa shape index (κ3) is 7.28. The van der Waals surface area contributed by atoms with Gasteiger partial charge >= 0.3 is 0 Å². The number of carbonyl (C=O) groups excluding carboxylic acids is 2. The van der Waals surface area contributed by atoms with Crippen LogP contribution in [0.4, 0.5) is 5.69 Å². The number of anilines is 1. The number of rotatable bonds is 1. The molecule has 0 spiro atoms. The molecule has 9 heteroatoms. The van der Waals surface area contributed by atoms with E-state index in [9.17, 15) is 18.0 Å². The number of allylic oxidation sites excluding steroid dienone is 2. The van der Waals surface area contributed by atoms with Crippen molar-refractivity contribution in [3.63, 3.8) is 0 Å². The largest absolute Gasteiger partial charge is 0.487 e. The van der Waals surface area contributed by atoms with Gasteiger partial charge in [-0.2, -0.15) is 0 Å². The summed E-state index contributed by atoms with van der Waals surface area (Å²) in [4.78, 5) is 29.3. The number of hydrogen-bond acceptors (Lipinski definition) is 6. The van der Waals surface area contributed by atoms with Crippen LogP contribution in [0.5, 0.6) is 5.75 Å². The third-order valence-corrected chi connectivity index (χ3v) is 11.8. The first-order valence-electron chi connectivity index (χ1n) is 15.6. The molecule has 2 aromatic rings. The maximum atomic E-state index is 13.6. The number of Topliss-reactive ketones (excluding diaryl/α,β-unsaturated/α-hetero) is 1. The standard InChI is InChI=1S/C34H43ClN2O5S/c1-4-7-24-16-22(2)23(3)43(40,41)36-34(39)26-11-14-33-31(19-26)37(20-27-10-13-30(27)32(38)17-24)15-6-5-8-25-18-29(35)12-9-28(25)21-42-33/h4,7,9,11-12,14,18-19,22-24,27,30H,5-6,8,10,13,15-17,20-21H2,1-3H3,(H,36,39)/b7-4+/t22-,23+,24+,27-,30+/m0/s1. The second kappa shape index (κ2) is 13.4. The Balaban J connectivity index is 1.54. The van der Waals surface area contributed by atoms with E-state index in [1.807, 2.05) is 44.2 Å². The van der Waals surface area contributed by atoms with Crippen molar-refractivity contribution in [1.29, 1.82) is 0 Å². The van der Waals surface area contributed by atoms with Crippen LogP contribution in [-0.4, -0.2) is 38.4 Å². The third-order valence-electron chi connectivity index (χ3n) is 9.65. The number of aryl methyl sites for hydroxylation is 1. The van der Waals surface area contributed by atoms with Crippen molar-refractivity contribution >= 4 is 39.0 Å². The van der Waals surface area contributed by atoms with Gasteiger partial charge in [0.1, 0.15) is 18.1 Å². The van der Waals surface area contributed by atoms with E-state index in [0.29, 0.717) is 36.8 Å². The lowest BCUT2D eigenvalue weighted by atomic mass is 9.69. The topological polar surface area (TPSA) is 92.8 Å². The van der Waals surface area contributed by atoms with Crippen LogP contribution in [-0.2, 0) is 27.8 Å². The Morgan fingerprint density at radius 1 is 1.05 bits per heavy atom. The van der Waals surface area contributed by atoms with Crippen molar-refractivity contribution in [1.82, 2.24) is 4.72 Å². The molecule has 0 unspecified atom stereocenters. The van der Waals surface area contributed by atoms with E-state index in [1.165, 1.54) is 0 Å². The number of nitrogens with zero attached hydrogens (tertiary/aromatic N) is 1. The highest BCUT2D eigenvalue weighted by Gasteiger charge is 2.39. The zero-order chi connectivity index (χ0) is 30.7. The molecule has 5 rings (SSSR count). The highest BCUT2D eigenvalue weighted by molar-refractivity contribution is 7.90. The zero-order valence-electron chi connectivity index (χ0n) is 25.4.